The van der Waals surface area contributed by atoms with Crippen molar-refractivity contribution in [2.75, 3.05) is 0 Å². The minimum atomic E-state index is -0.531. The number of carbonyl (C=O) groups is 1. The van der Waals surface area contributed by atoms with Crippen LogP contribution in [0.5, 0.6) is 0 Å². The van der Waals surface area contributed by atoms with Crippen molar-refractivity contribution < 1.29 is 10.0 Å². The van der Waals surface area contributed by atoms with Gasteiger partial charge in [0, 0.05) is 11.5 Å². The summed E-state index contributed by atoms with van der Waals surface area (Å²) in [5.41, 5.74) is 4.38. The van der Waals surface area contributed by atoms with Crippen molar-refractivity contribution in [2.24, 2.45) is 5.92 Å². The van der Waals surface area contributed by atoms with E-state index in [9.17, 15) is 4.79 Å². The third kappa shape index (κ3) is 3.36. The Morgan fingerprint density at radius 3 is 2.27 bits per heavy atom. The Hall–Kier alpha value is -2.57. The van der Waals surface area contributed by atoms with Crippen LogP contribution < -0.4 is 5.48 Å². The van der Waals surface area contributed by atoms with Gasteiger partial charge in [-0.3, -0.25) is 10.0 Å². The fourth-order valence-corrected chi connectivity index (χ4v) is 2.38. The molecule has 0 bridgehead atoms. The Kier molecular flexibility index (Phi) is 4.22. The molecule has 1 saturated carbocycles. The van der Waals surface area contributed by atoms with E-state index in [1.54, 1.807) is 5.48 Å². The highest BCUT2D eigenvalue weighted by Gasteiger charge is 2.22. The van der Waals surface area contributed by atoms with Crippen molar-refractivity contribution in [3.8, 4) is 11.8 Å². The average Bonchev–Trinajstić information content (AvgIpc) is 3.39. The summed E-state index contributed by atoms with van der Waals surface area (Å²) in [6, 6.07) is 17.0. The number of hydrogen-bond donors (Lipinski definition) is 2. The molecule has 0 spiro atoms. The fraction of sp³-hybridized carbons (Fsp3) is 0.211. The van der Waals surface area contributed by atoms with E-state index >= 15 is 0 Å². The number of hydroxylamine groups is 1. The predicted molar refractivity (Wildman–Crippen MR) is 84.3 cm³/mol. The Bertz CT molecular complexity index is 707. The molecule has 110 valence electrons. The Balaban J connectivity index is 1.88. The van der Waals surface area contributed by atoms with Crippen molar-refractivity contribution in [1.82, 2.24) is 5.48 Å². The summed E-state index contributed by atoms with van der Waals surface area (Å²) in [4.78, 5) is 12.0. The minimum Gasteiger partial charge on any atom is -0.289 e. The van der Waals surface area contributed by atoms with E-state index in [-0.39, 0.29) is 0 Å². The van der Waals surface area contributed by atoms with Crippen LogP contribution in [0.2, 0.25) is 0 Å². The standard InChI is InChI=1S/C19H17NO2/c21-19(20-22)18(16-4-2-1-3-5-16)17-12-10-15(11-13-17)9-8-14-6-7-14/h1-5,10-14,18,22H,6-7H2,(H,20,21). The first kappa shape index (κ1) is 14.4. The Morgan fingerprint density at radius 2 is 1.68 bits per heavy atom. The van der Waals surface area contributed by atoms with Crippen molar-refractivity contribution >= 4 is 5.91 Å². The van der Waals surface area contributed by atoms with Gasteiger partial charge in [-0.15, -0.1) is 0 Å². The molecular formula is C19H17NO2. The maximum atomic E-state index is 12.0. The highest BCUT2D eigenvalue weighted by molar-refractivity contribution is 5.86. The molecule has 0 heterocycles. The van der Waals surface area contributed by atoms with Gasteiger partial charge in [0.25, 0.3) is 5.91 Å². The van der Waals surface area contributed by atoms with E-state index in [1.165, 1.54) is 12.8 Å². The van der Waals surface area contributed by atoms with Gasteiger partial charge in [-0.2, -0.15) is 0 Å². The second-order valence-corrected chi connectivity index (χ2v) is 5.49. The van der Waals surface area contributed by atoms with Crippen LogP contribution in [0.15, 0.2) is 54.6 Å². The molecule has 22 heavy (non-hydrogen) atoms. The number of benzene rings is 2. The van der Waals surface area contributed by atoms with Crippen LogP contribution in [-0.2, 0) is 4.79 Å². The van der Waals surface area contributed by atoms with E-state index < -0.39 is 11.8 Å². The first-order valence-corrected chi connectivity index (χ1v) is 7.38. The SMILES string of the molecule is O=C(NO)C(c1ccccc1)c1ccc(C#CC2CC2)cc1. The van der Waals surface area contributed by atoms with Gasteiger partial charge in [-0.1, -0.05) is 54.3 Å². The molecule has 2 aromatic carbocycles. The van der Waals surface area contributed by atoms with E-state index in [4.69, 9.17) is 5.21 Å². The van der Waals surface area contributed by atoms with Gasteiger partial charge in [0.1, 0.15) is 0 Å². The minimum absolute atomic E-state index is 0.442. The monoisotopic (exact) mass is 291 g/mol. The van der Waals surface area contributed by atoms with Crippen LogP contribution >= 0.6 is 0 Å². The zero-order valence-electron chi connectivity index (χ0n) is 12.1. The van der Waals surface area contributed by atoms with Crippen LogP contribution in [-0.4, -0.2) is 11.1 Å². The zero-order chi connectivity index (χ0) is 15.4. The lowest BCUT2D eigenvalue weighted by atomic mass is 9.90. The fourth-order valence-electron chi connectivity index (χ4n) is 2.38. The van der Waals surface area contributed by atoms with Gasteiger partial charge in [0.2, 0.25) is 0 Å². The van der Waals surface area contributed by atoms with Crippen molar-refractivity contribution in [1.29, 1.82) is 0 Å². The normalized spacial score (nSPS) is 14.6. The molecule has 0 aliphatic heterocycles. The van der Waals surface area contributed by atoms with E-state index in [0.717, 1.165) is 16.7 Å². The molecule has 1 amide bonds. The summed E-state index contributed by atoms with van der Waals surface area (Å²) in [5.74, 6) is 5.97. The summed E-state index contributed by atoms with van der Waals surface area (Å²) >= 11 is 0. The van der Waals surface area contributed by atoms with Crippen molar-refractivity contribution in [3.63, 3.8) is 0 Å². The number of hydrogen-bond acceptors (Lipinski definition) is 2. The molecule has 1 aliphatic carbocycles. The molecular weight excluding hydrogens is 274 g/mol. The Morgan fingerprint density at radius 1 is 1.05 bits per heavy atom. The quantitative estimate of drug-likeness (QED) is 0.519. The molecule has 1 aliphatic rings. The summed E-state index contributed by atoms with van der Waals surface area (Å²) in [6.45, 7) is 0. The number of nitrogens with one attached hydrogen (secondary N) is 1. The van der Waals surface area contributed by atoms with Crippen LogP contribution in [0, 0.1) is 17.8 Å². The van der Waals surface area contributed by atoms with Crippen molar-refractivity contribution in [2.45, 2.75) is 18.8 Å². The summed E-state index contributed by atoms with van der Waals surface area (Å²) in [7, 11) is 0. The second-order valence-electron chi connectivity index (χ2n) is 5.49. The van der Waals surface area contributed by atoms with E-state index in [2.05, 4.69) is 11.8 Å². The number of carbonyl (C=O) groups excluding carboxylic acids is 1. The van der Waals surface area contributed by atoms with Gasteiger partial charge in [0.15, 0.2) is 0 Å². The smallest absolute Gasteiger partial charge is 0.255 e. The molecule has 1 unspecified atom stereocenters. The molecule has 3 heteroatoms. The maximum Gasteiger partial charge on any atom is 0.255 e. The average molecular weight is 291 g/mol. The van der Waals surface area contributed by atoms with Crippen molar-refractivity contribution in [3.05, 3.63) is 71.3 Å². The van der Waals surface area contributed by atoms with Gasteiger partial charge in [0.05, 0.1) is 5.92 Å². The first-order chi connectivity index (χ1) is 10.8. The molecule has 1 fully saturated rings. The lowest BCUT2D eigenvalue weighted by Gasteiger charge is -2.15. The molecule has 2 aromatic rings. The van der Waals surface area contributed by atoms with Gasteiger partial charge >= 0.3 is 0 Å². The number of rotatable bonds is 3. The highest BCUT2D eigenvalue weighted by atomic mass is 16.5. The second kappa shape index (κ2) is 6.46. The highest BCUT2D eigenvalue weighted by Crippen LogP contribution is 2.28. The van der Waals surface area contributed by atoms with Gasteiger partial charge < -0.3 is 0 Å². The summed E-state index contributed by atoms with van der Waals surface area (Å²) in [6.07, 6.45) is 2.41. The van der Waals surface area contributed by atoms with Gasteiger partial charge in [-0.05, 0) is 36.1 Å². The Labute approximate surface area is 129 Å². The van der Waals surface area contributed by atoms with Crippen LogP contribution in [0.3, 0.4) is 0 Å². The number of amides is 1. The zero-order valence-corrected chi connectivity index (χ0v) is 12.1. The molecule has 2 N–H and O–H groups in total. The molecule has 1 atom stereocenters. The third-order valence-electron chi connectivity index (χ3n) is 3.75. The lowest BCUT2D eigenvalue weighted by molar-refractivity contribution is -0.129. The maximum absolute atomic E-state index is 12.0. The first-order valence-electron chi connectivity index (χ1n) is 7.38. The summed E-state index contributed by atoms with van der Waals surface area (Å²) in [5, 5.41) is 9.01. The molecule has 0 aromatic heterocycles. The van der Waals surface area contributed by atoms with Gasteiger partial charge in [-0.25, -0.2) is 5.48 Å². The topological polar surface area (TPSA) is 49.3 Å². The molecule has 3 rings (SSSR count). The predicted octanol–water partition coefficient (Wildman–Crippen LogP) is 3.09. The van der Waals surface area contributed by atoms with Crippen LogP contribution in [0.25, 0.3) is 0 Å². The largest absolute Gasteiger partial charge is 0.289 e. The summed E-state index contributed by atoms with van der Waals surface area (Å²) < 4.78 is 0. The van der Waals surface area contributed by atoms with E-state index in [1.807, 2.05) is 54.6 Å². The van der Waals surface area contributed by atoms with Crippen LogP contribution in [0.1, 0.15) is 35.4 Å². The lowest BCUT2D eigenvalue weighted by Crippen LogP contribution is -2.27. The molecule has 0 radical (unpaired) electrons. The third-order valence-corrected chi connectivity index (χ3v) is 3.75. The molecule has 0 saturated heterocycles. The van der Waals surface area contributed by atoms with E-state index in [0.29, 0.717) is 5.92 Å². The molecule has 3 nitrogen and oxygen atoms in total. The van der Waals surface area contributed by atoms with Crippen LogP contribution in [0.4, 0.5) is 0 Å².